The van der Waals surface area contributed by atoms with E-state index in [1.807, 2.05) is 30.3 Å². The molecule has 1 aromatic rings. The molecule has 1 rings (SSSR count). The molecule has 94 valence electrons. The maximum atomic E-state index is 11.3. The van der Waals surface area contributed by atoms with Crippen molar-refractivity contribution in [1.29, 1.82) is 0 Å². The molecular formula is C12H16ClNO3. The fraction of sp³-hybridized carbons (Fsp3) is 0.417. The van der Waals surface area contributed by atoms with Crippen LogP contribution >= 0.6 is 11.6 Å². The fourth-order valence-corrected chi connectivity index (χ4v) is 1.22. The van der Waals surface area contributed by atoms with Gasteiger partial charge in [-0.2, -0.15) is 0 Å². The van der Waals surface area contributed by atoms with Crippen LogP contribution in [0.1, 0.15) is 0 Å². The third kappa shape index (κ3) is 4.95. The molecule has 1 unspecified atom stereocenters. The Hall–Kier alpha value is -1.42. The van der Waals surface area contributed by atoms with E-state index in [-0.39, 0.29) is 12.5 Å². The molecule has 1 amide bonds. The molecule has 0 heterocycles. The fourth-order valence-electron chi connectivity index (χ4n) is 1.06. The quantitative estimate of drug-likeness (QED) is 0.760. The molecule has 4 nitrogen and oxygen atoms in total. The summed E-state index contributed by atoms with van der Waals surface area (Å²) in [6.45, 7) is 0.243. The van der Waals surface area contributed by atoms with Crippen LogP contribution in [0.2, 0.25) is 0 Å². The van der Waals surface area contributed by atoms with E-state index < -0.39 is 12.2 Å². The highest BCUT2D eigenvalue weighted by Crippen LogP contribution is 2.10. The molecule has 0 bridgehead atoms. The predicted octanol–water partition coefficient (Wildman–Crippen LogP) is 2.37. The Kier molecular flexibility index (Phi) is 5.63. The van der Waals surface area contributed by atoms with Gasteiger partial charge in [-0.15, -0.1) is 11.6 Å². The Morgan fingerprint density at radius 1 is 1.35 bits per heavy atom. The zero-order valence-corrected chi connectivity index (χ0v) is 10.7. The Bertz CT molecular complexity index is 343. The molecule has 0 aliphatic carbocycles. The van der Waals surface area contributed by atoms with E-state index in [0.717, 1.165) is 5.75 Å². The highest BCUT2D eigenvalue weighted by atomic mass is 35.5. The summed E-state index contributed by atoms with van der Waals surface area (Å²) in [7, 11) is 3.23. The maximum absolute atomic E-state index is 11.3. The molecule has 0 saturated carbocycles. The lowest BCUT2D eigenvalue weighted by Crippen LogP contribution is -2.32. The van der Waals surface area contributed by atoms with Crippen molar-refractivity contribution in [3.63, 3.8) is 0 Å². The van der Waals surface area contributed by atoms with Crippen molar-refractivity contribution >= 4 is 17.7 Å². The molecule has 1 atom stereocenters. The van der Waals surface area contributed by atoms with Gasteiger partial charge >= 0.3 is 6.09 Å². The molecule has 0 fully saturated rings. The third-order valence-electron chi connectivity index (χ3n) is 1.98. The van der Waals surface area contributed by atoms with Crippen molar-refractivity contribution in [2.24, 2.45) is 0 Å². The predicted molar refractivity (Wildman–Crippen MR) is 66.6 cm³/mol. The molecule has 0 spiro atoms. The first-order valence-electron chi connectivity index (χ1n) is 5.25. The number of hydrogen-bond acceptors (Lipinski definition) is 3. The van der Waals surface area contributed by atoms with Crippen LogP contribution in [-0.2, 0) is 4.74 Å². The van der Waals surface area contributed by atoms with Gasteiger partial charge in [-0.05, 0) is 12.1 Å². The average molecular weight is 258 g/mol. The van der Waals surface area contributed by atoms with Crippen molar-refractivity contribution in [3.05, 3.63) is 30.3 Å². The molecule has 0 N–H and O–H groups in total. The van der Waals surface area contributed by atoms with Crippen LogP contribution in [0.5, 0.6) is 5.75 Å². The normalized spacial score (nSPS) is 11.7. The second-order valence-electron chi connectivity index (χ2n) is 3.68. The van der Waals surface area contributed by atoms with Gasteiger partial charge < -0.3 is 14.4 Å². The van der Waals surface area contributed by atoms with Gasteiger partial charge in [0.2, 0.25) is 0 Å². The minimum Gasteiger partial charge on any atom is -0.490 e. The number of ether oxygens (including phenoxy) is 2. The van der Waals surface area contributed by atoms with E-state index in [1.54, 1.807) is 14.1 Å². The van der Waals surface area contributed by atoms with Gasteiger partial charge in [-0.3, -0.25) is 0 Å². The molecule has 17 heavy (non-hydrogen) atoms. The number of alkyl halides is 1. The first-order chi connectivity index (χ1) is 8.13. The molecule has 0 aromatic heterocycles. The second-order valence-corrected chi connectivity index (χ2v) is 3.99. The summed E-state index contributed by atoms with van der Waals surface area (Å²) in [5, 5.41) is 0. The van der Waals surface area contributed by atoms with E-state index in [0.29, 0.717) is 0 Å². The minimum absolute atomic E-state index is 0.201. The molecule has 1 aromatic carbocycles. The Morgan fingerprint density at radius 3 is 2.53 bits per heavy atom. The molecule has 0 radical (unpaired) electrons. The van der Waals surface area contributed by atoms with Gasteiger partial charge in [0.1, 0.15) is 12.4 Å². The van der Waals surface area contributed by atoms with Crippen LogP contribution in [0.15, 0.2) is 30.3 Å². The van der Waals surface area contributed by atoms with Crippen LogP contribution in [0.25, 0.3) is 0 Å². The van der Waals surface area contributed by atoms with Crippen LogP contribution in [0.3, 0.4) is 0 Å². The first-order valence-corrected chi connectivity index (χ1v) is 5.78. The molecule has 0 saturated heterocycles. The monoisotopic (exact) mass is 257 g/mol. The average Bonchev–Trinajstić information content (AvgIpc) is 2.35. The largest absolute Gasteiger partial charge is 0.490 e. The smallest absolute Gasteiger partial charge is 0.409 e. The summed E-state index contributed by atoms with van der Waals surface area (Å²) >= 11 is 5.71. The van der Waals surface area contributed by atoms with E-state index >= 15 is 0 Å². The Labute approximate surface area is 106 Å². The zero-order chi connectivity index (χ0) is 12.7. The number of carbonyl (C=O) groups is 1. The highest BCUT2D eigenvalue weighted by Gasteiger charge is 2.15. The topological polar surface area (TPSA) is 38.8 Å². The molecule has 0 aliphatic rings. The van der Waals surface area contributed by atoms with Gasteiger partial charge in [0.15, 0.2) is 6.10 Å². The highest BCUT2D eigenvalue weighted by molar-refractivity contribution is 6.18. The Balaban J connectivity index is 2.40. The lowest BCUT2D eigenvalue weighted by atomic mass is 10.3. The van der Waals surface area contributed by atoms with Gasteiger partial charge in [-0.1, -0.05) is 18.2 Å². The SMILES string of the molecule is CN(C)C(=O)OC(CCl)COc1ccccc1. The number of halogens is 1. The summed E-state index contributed by atoms with van der Waals surface area (Å²) in [5.41, 5.74) is 0. The summed E-state index contributed by atoms with van der Waals surface area (Å²) in [4.78, 5) is 12.7. The van der Waals surface area contributed by atoms with Gasteiger partial charge in [0, 0.05) is 14.1 Å². The van der Waals surface area contributed by atoms with Gasteiger partial charge in [0.05, 0.1) is 5.88 Å². The second kappa shape index (κ2) is 7.01. The van der Waals surface area contributed by atoms with Crippen molar-refractivity contribution in [2.45, 2.75) is 6.10 Å². The number of benzene rings is 1. The van der Waals surface area contributed by atoms with Gasteiger partial charge in [-0.25, -0.2) is 4.79 Å². The van der Waals surface area contributed by atoms with Crippen molar-refractivity contribution in [2.75, 3.05) is 26.6 Å². The number of hydrogen-bond donors (Lipinski definition) is 0. The van der Waals surface area contributed by atoms with Crippen LogP contribution < -0.4 is 4.74 Å². The van der Waals surface area contributed by atoms with Crippen LogP contribution in [0, 0.1) is 0 Å². The third-order valence-corrected chi connectivity index (χ3v) is 2.33. The first kappa shape index (κ1) is 13.6. The molecular weight excluding hydrogens is 242 g/mol. The van der Waals surface area contributed by atoms with E-state index in [1.165, 1.54) is 4.90 Å². The lowest BCUT2D eigenvalue weighted by Gasteiger charge is -2.18. The van der Waals surface area contributed by atoms with Crippen molar-refractivity contribution in [1.82, 2.24) is 4.90 Å². The lowest BCUT2D eigenvalue weighted by molar-refractivity contribution is 0.0588. The molecule has 5 heteroatoms. The summed E-state index contributed by atoms with van der Waals surface area (Å²) < 4.78 is 10.6. The van der Waals surface area contributed by atoms with E-state index in [2.05, 4.69) is 0 Å². The minimum atomic E-state index is -0.452. The van der Waals surface area contributed by atoms with Crippen molar-refractivity contribution in [3.8, 4) is 5.75 Å². The number of rotatable bonds is 5. The Morgan fingerprint density at radius 2 is 2.00 bits per heavy atom. The van der Waals surface area contributed by atoms with Crippen LogP contribution in [0.4, 0.5) is 4.79 Å². The number of carbonyl (C=O) groups excluding carboxylic acids is 1. The number of nitrogens with zero attached hydrogens (tertiary/aromatic N) is 1. The van der Waals surface area contributed by atoms with Gasteiger partial charge in [0.25, 0.3) is 0 Å². The van der Waals surface area contributed by atoms with E-state index in [4.69, 9.17) is 21.1 Å². The van der Waals surface area contributed by atoms with E-state index in [9.17, 15) is 4.79 Å². The zero-order valence-electron chi connectivity index (χ0n) is 9.93. The summed E-state index contributed by atoms with van der Waals surface area (Å²) in [6, 6.07) is 9.31. The maximum Gasteiger partial charge on any atom is 0.409 e. The number of para-hydroxylation sites is 1. The number of amides is 1. The molecule has 0 aliphatic heterocycles. The standard InChI is InChI=1S/C12H16ClNO3/c1-14(2)12(15)17-11(8-13)9-16-10-6-4-3-5-7-10/h3-7,11H,8-9H2,1-2H3. The summed E-state index contributed by atoms with van der Waals surface area (Å²) in [6.07, 6.45) is -0.876. The van der Waals surface area contributed by atoms with Crippen molar-refractivity contribution < 1.29 is 14.3 Å². The van der Waals surface area contributed by atoms with Crippen LogP contribution in [-0.4, -0.2) is 43.7 Å². The summed E-state index contributed by atoms with van der Waals surface area (Å²) in [5.74, 6) is 0.926.